The number of hydrogen-bond acceptors (Lipinski definition) is 2. The lowest BCUT2D eigenvalue weighted by Crippen LogP contribution is -2.04. The van der Waals surface area contributed by atoms with Crippen molar-refractivity contribution in [2.75, 3.05) is 0 Å². The highest BCUT2D eigenvalue weighted by atomic mass is 16.1. The second kappa shape index (κ2) is 6.17. The highest BCUT2D eigenvalue weighted by molar-refractivity contribution is 6.10. The summed E-state index contributed by atoms with van der Waals surface area (Å²) in [5.74, 6) is -0.00109. The number of hydrogen-bond donors (Lipinski definition) is 0. The largest absolute Gasteiger partial charge is 0.289 e. The van der Waals surface area contributed by atoms with Crippen LogP contribution in [0.3, 0.4) is 0 Å². The number of allylic oxidation sites excluding steroid dienone is 1. The number of rotatable bonds is 3. The van der Waals surface area contributed by atoms with Crippen LogP contribution >= 0.6 is 0 Å². The molecule has 0 atom stereocenters. The molecule has 1 heterocycles. The Kier molecular flexibility index (Phi) is 4.07. The minimum Gasteiger partial charge on any atom is -0.289 e. The van der Waals surface area contributed by atoms with Gasteiger partial charge in [0, 0.05) is 16.6 Å². The molecule has 2 heteroatoms. The fraction of sp³-hybridized carbons (Fsp3) is 0.143. The number of ketones is 1. The van der Waals surface area contributed by atoms with Gasteiger partial charge in [-0.3, -0.25) is 9.78 Å². The van der Waals surface area contributed by atoms with Crippen molar-refractivity contribution in [2.45, 2.75) is 20.8 Å². The molecule has 0 aliphatic rings. The van der Waals surface area contributed by atoms with Gasteiger partial charge in [0.15, 0.2) is 5.78 Å². The molecule has 0 bridgehead atoms. The van der Waals surface area contributed by atoms with E-state index in [0.29, 0.717) is 5.56 Å². The molecule has 0 aliphatic heterocycles. The molecule has 0 spiro atoms. The molecule has 3 rings (SSSR count). The van der Waals surface area contributed by atoms with Crippen LogP contribution in [0.15, 0.2) is 54.6 Å². The Labute approximate surface area is 136 Å². The summed E-state index contributed by atoms with van der Waals surface area (Å²) < 4.78 is 0. The first-order chi connectivity index (χ1) is 11.1. The van der Waals surface area contributed by atoms with Crippen LogP contribution in [0.4, 0.5) is 0 Å². The third kappa shape index (κ3) is 3.07. The Hall–Kier alpha value is -2.74. The van der Waals surface area contributed by atoms with Gasteiger partial charge in [-0.25, -0.2) is 0 Å². The van der Waals surface area contributed by atoms with E-state index in [4.69, 9.17) is 0 Å². The molecule has 0 radical (unpaired) electrons. The summed E-state index contributed by atoms with van der Waals surface area (Å²) in [4.78, 5) is 17.2. The van der Waals surface area contributed by atoms with Crippen LogP contribution in [0.5, 0.6) is 0 Å². The number of carbonyl (C=O) groups is 1. The van der Waals surface area contributed by atoms with Gasteiger partial charge in [0.25, 0.3) is 0 Å². The van der Waals surface area contributed by atoms with Crippen molar-refractivity contribution in [3.05, 3.63) is 82.6 Å². The normalized spacial score (nSPS) is 11.3. The van der Waals surface area contributed by atoms with Gasteiger partial charge in [-0.05, 0) is 44.0 Å². The Balaban J connectivity index is 1.99. The summed E-state index contributed by atoms with van der Waals surface area (Å²) in [6.45, 7) is 5.93. The fourth-order valence-electron chi connectivity index (χ4n) is 2.83. The predicted molar refractivity (Wildman–Crippen MR) is 95.8 cm³/mol. The third-order valence-electron chi connectivity index (χ3n) is 4.08. The summed E-state index contributed by atoms with van der Waals surface area (Å²) in [6.07, 6.45) is 3.49. The average Bonchev–Trinajstić information content (AvgIpc) is 2.54. The van der Waals surface area contributed by atoms with E-state index in [9.17, 15) is 4.79 Å². The minimum absolute atomic E-state index is 0.00109. The zero-order valence-corrected chi connectivity index (χ0v) is 13.6. The minimum atomic E-state index is -0.00109. The van der Waals surface area contributed by atoms with Crippen LogP contribution < -0.4 is 0 Å². The molecule has 2 nitrogen and oxygen atoms in total. The standard InChI is InChI=1S/C21H19NO/c1-14-8-10-17(11-9-14)12-13-20(23)21-15(2)18-6-4-5-7-19(18)22-16(21)3/h4-13H,1-3H3. The monoisotopic (exact) mass is 301 g/mol. The van der Waals surface area contributed by atoms with Gasteiger partial charge in [-0.15, -0.1) is 0 Å². The zero-order valence-electron chi connectivity index (χ0n) is 13.6. The zero-order chi connectivity index (χ0) is 16.4. The SMILES string of the molecule is Cc1ccc(C=CC(=O)c2c(C)nc3ccccc3c2C)cc1. The first kappa shape index (κ1) is 15.2. The number of benzene rings is 2. The summed E-state index contributed by atoms with van der Waals surface area (Å²) in [6, 6.07) is 16.0. The van der Waals surface area contributed by atoms with Gasteiger partial charge in [-0.1, -0.05) is 54.1 Å². The summed E-state index contributed by atoms with van der Waals surface area (Å²) in [5, 5.41) is 1.03. The van der Waals surface area contributed by atoms with Crippen LogP contribution in [0.2, 0.25) is 0 Å². The molecule has 1 aromatic heterocycles. The fourth-order valence-corrected chi connectivity index (χ4v) is 2.83. The first-order valence-corrected chi connectivity index (χ1v) is 7.71. The lowest BCUT2D eigenvalue weighted by Gasteiger charge is -2.09. The number of carbonyl (C=O) groups excluding carboxylic acids is 1. The average molecular weight is 301 g/mol. The summed E-state index contributed by atoms with van der Waals surface area (Å²) in [5.41, 5.74) is 5.63. The number of pyridine rings is 1. The Morgan fingerprint density at radius 2 is 1.65 bits per heavy atom. The number of para-hydroxylation sites is 1. The molecular formula is C21H19NO. The van der Waals surface area contributed by atoms with Crippen LogP contribution in [0.25, 0.3) is 17.0 Å². The van der Waals surface area contributed by atoms with Gasteiger partial charge in [0.1, 0.15) is 0 Å². The van der Waals surface area contributed by atoms with Gasteiger partial charge >= 0.3 is 0 Å². The van der Waals surface area contributed by atoms with Crippen LogP contribution in [-0.2, 0) is 0 Å². The smallest absolute Gasteiger partial charge is 0.187 e. The van der Waals surface area contributed by atoms with Crippen molar-refractivity contribution >= 4 is 22.8 Å². The summed E-state index contributed by atoms with van der Waals surface area (Å²) in [7, 11) is 0. The maximum absolute atomic E-state index is 12.6. The second-order valence-electron chi connectivity index (χ2n) is 5.82. The van der Waals surface area contributed by atoms with Crippen LogP contribution in [-0.4, -0.2) is 10.8 Å². The molecule has 0 saturated heterocycles. The van der Waals surface area contributed by atoms with Crippen molar-refractivity contribution in [3.63, 3.8) is 0 Å². The first-order valence-electron chi connectivity index (χ1n) is 7.71. The number of nitrogens with zero attached hydrogens (tertiary/aromatic N) is 1. The molecule has 0 amide bonds. The molecule has 0 aliphatic carbocycles. The van der Waals surface area contributed by atoms with E-state index in [1.54, 1.807) is 6.08 Å². The van der Waals surface area contributed by atoms with Gasteiger partial charge in [0.2, 0.25) is 0 Å². The van der Waals surface area contributed by atoms with E-state index in [-0.39, 0.29) is 5.78 Å². The van der Waals surface area contributed by atoms with E-state index in [1.165, 1.54) is 5.56 Å². The van der Waals surface area contributed by atoms with Crippen molar-refractivity contribution in [3.8, 4) is 0 Å². The molecule has 3 aromatic rings. The Bertz CT molecular complexity index is 905. The Morgan fingerprint density at radius 3 is 2.39 bits per heavy atom. The molecule has 0 saturated carbocycles. The second-order valence-corrected chi connectivity index (χ2v) is 5.82. The van der Waals surface area contributed by atoms with E-state index in [0.717, 1.165) is 27.7 Å². The van der Waals surface area contributed by atoms with E-state index in [1.807, 2.05) is 75.4 Å². The highest BCUT2D eigenvalue weighted by Crippen LogP contribution is 2.23. The quantitative estimate of drug-likeness (QED) is 0.500. The van der Waals surface area contributed by atoms with Crippen molar-refractivity contribution in [1.29, 1.82) is 0 Å². The van der Waals surface area contributed by atoms with Crippen LogP contribution in [0, 0.1) is 20.8 Å². The van der Waals surface area contributed by atoms with Gasteiger partial charge in [0.05, 0.1) is 5.52 Å². The third-order valence-corrected chi connectivity index (χ3v) is 4.08. The van der Waals surface area contributed by atoms with E-state index in [2.05, 4.69) is 4.98 Å². The number of fused-ring (bicyclic) bond motifs is 1. The van der Waals surface area contributed by atoms with Crippen molar-refractivity contribution < 1.29 is 4.79 Å². The molecular weight excluding hydrogens is 282 g/mol. The molecule has 0 fully saturated rings. The van der Waals surface area contributed by atoms with E-state index >= 15 is 0 Å². The molecule has 23 heavy (non-hydrogen) atoms. The summed E-state index contributed by atoms with van der Waals surface area (Å²) >= 11 is 0. The predicted octanol–water partition coefficient (Wildman–Crippen LogP) is 5.06. The number of aromatic nitrogens is 1. The molecule has 0 N–H and O–H groups in total. The van der Waals surface area contributed by atoms with Crippen LogP contribution in [0.1, 0.15) is 32.7 Å². The molecule has 114 valence electrons. The lowest BCUT2D eigenvalue weighted by atomic mass is 9.98. The highest BCUT2D eigenvalue weighted by Gasteiger charge is 2.13. The number of aryl methyl sites for hydroxylation is 3. The topological polar surface area (TPSA) is 30.0 Å². The van der Waals surface area contributed by atoms with Gasteiger partial charge < -0.3 is 0 Å². The Morgan fingerprint density at radius 1 is 0.957 bits per heavy atom. The molecule has 2 aromatic carbocycles. The van der Waals surface area contributed by atoms with Crippen molar-refractivity contribution in [1.82, 2.24) is 4.98 Å². The maximum Gasteiger partial charge on any atom is 0.187 e. The lowest BCUT2D eigenvalue weighted by molar-refractivity contribution is 0.104. The van der Waals surface area contributed by atoms with Crippen molar-refractivity contribution in [2.24, 2.45) is 0 Å². The van der Waals surface area contributed by atoms with Gasteiger partial charge in [-0.2, -0.15) is 0 Å². The maximum atomic E-state index is 12.6. The molecule has 0 unspecified atom stereocenters. The van der Waals surface area contributed by atoms with E-state index < -0.39 is 0 Å².